The van der Waals surface area contributed by atoms with E-state index in [4.69, 9.17) is 14.6 Å². The van der Waals surface area contributed by atoms with Crippen LogP contribution in [-0.4, -0.2) is 63.7 Å². The zero-order valence-corrected chi connectivity index (χ0v) is 8.66. The molecule has 0 aliphatic carbocycles. The quantitative estimate of drug-likeness (QED) is 0.519. The molecule has 0 fully saturated rings. The average molecular weight is 191 g/mol. The van der Waals surface area contributed by atoms with Crippen LogP contribution in [0.25, 0.3) is 0 Å². The van der Waals surface area contributed by atoms with E-state index in [9.17, 15) is 0 Å². The molecule has 0 saturated carbocycles. The molecule has 0 heterocycles. The van der Waals surface area contributed by atoms with Crippen molar-refractivity contribution in [1.29, 1.82) is 0 Å². The van der Waals surface area contributed by atoms with Crippen LogP contribution < -0.4 is 0 Å². The normalized spacial score (nSPS) is 11.1. The highest BCUT2D eigenvalue weighted by Gasteiger charge is 1.96. The number of hydrogen-bond acceptors (Lipinski definition) is 4. The van der Waals surface area contributed by atoms with Gasteiger partial charge in [-0.25, -0.2) is 0 Å². The maximum absolute atomic E-state index is 8.58. The number of aliphatic hydroxyl groups excluding tert-OH is 1. The van der Waals surface area contributed by atoms with Crippen LogP contribution in [0.3, 0.4) is 0 Å². The van der Waals surface area contributed by atoms with Crippen LogP contribution in [0, 0.1) is 0 Å². The van der Waals surface area contributed by atoms with Gasteiger partial charge in [0.2, 0.25) is 0 Å². The van der Waals surface area contributed by atoms with Gasteiger partial charge in [0, 0.05) is 26.8 Å². The fourth-order valence-corrected chi connectivity index (χ4v) is 0.917. The molecule has 0 saturated heterocycles. The number of hydrogen-bond donors (Lipinski definition) is 1. The van der Waals surface area contributed by atoms with Crippen molar-refractivity contribution in [2.75, 3.05) is 53.7 Å². The monoisotopic (exact) mass is 191 g/mol. The fraction of sp³-hybridized carbons (Fsp3) is 1.00. The summed E-state index contributed by atoms with van der Waals surface area (Å²) in [5.74, 6) is 0. The van der Waals surface area contributed by atoms with Crippen molar-refractivity contribution >= 4 is 0 Å². The molecule has 80 valence electrons. The number of rotatable bonds is 9. The minimum Gasteiger partial charge on any atom is -0.396 e. The highest BCUT2D eigenvalue weighted by Crippen LogP contribution is 1.86. The van der Waals surface area contributed by atoms with Crippen molar-refractivity contribution in [2.24, 2.45) is 0 Å². The smallest absolute Gasteiger partial charge is 0.0700 e. The third kappa shape index (κ3) is 9.76. The molecule has 0 rings (SSSR count). The Morgan fingerprint density at radius 1 is 1.15 bits per heavy atom. The second-order valence-corrected chi connectivity index (χ2v) is 2.99. The SMILES string of the molecule is COCCOCCN(C)CCCO. The third-order valence-corrected chi connectivity index (χ3v) is 1.75. The van der Waals surface area contributed by atoms with E-state index in [0.29, 0.717) is 13.2 Å². The number of likely N-dealkylation sites (N-methyl/N-ethyl adjacent to an activating group) is 1. The molecule has 0 aromatic rings. The fourth-order valence-electron chi connectivity index (χ4n) is 0.917. The largest absolute Gasteiger partial charge is 0.396 e. The minimum absolute atomic E-state index is 0.259. The lowest BCUT2D eigenvalue weighted by molar-refractivity contribution is 0.0599. The van der Waals surface area contributed by atoms with E-state index in [2.05, 4.69) is 4.90 Å². The molecule has 0 spiro atoms. The van der Waals surface area contributed by atoms with Gasteiger partial charge < -0.3 is 19.5 Å². The van der Waals surface area contributed by atoms with Crippen LogP contribution in [0.1, 0.15) is 6.42 Å². The highest BCUT2D eigenvalue weighted by atomic mass is 16.5. The van der Waals surface area contributed by atoms with Gasteiger partial charge in [-0.3, -0.25) is 0 Å². The molecule has 0 aliphatic heterocycles. The Labute approximate surface area is 80.4 Å². The molecule has 0 amide bonds. The van der Waals surface area contributed by atoms with Gasteiger partial charge in [0.25, 0.3) is 0 Å². The number of methoxy groups -OCH3 is 1. The molecule has 1 N–H and O–H groups in total. The summed E-state index contributed by atoms with van der Waals surface area (Å²) in [6, 6.07) is 0. The Morgan fingerprint density at radius 3 is 2.54 bits per heavy atom. The van der Waals surface area contributed by atoms with Crippen LogP contribution in [0.5, 0.6) is 0 Å². The van der Waals surface area contributed by atoms with Crippen LogP contribution in [0.15, 0.2) is 0 Å². The van der Waals surface area contributed by atoms with E-state index in [1.165, 1.54) is 0 Å². The maximum Gasteiger partial charge on any atom is 0.0700 e. The first kappa shape index (κ1) is 12.8. The lowest BCUT2D eigenvalue weighted by atomic mass is 10.4. The van der Waals surface area contributed by atoms with E-state index in [1.807, 2.05) is 7.05 Å². The van der Waals surface area contributed by atoms with Crippen molar-refractivity contribution in [3.05, 3.63) is 0 Å². The first-order chi connectivity index (χ1) is 6.31. The van der Waals surface area contributed by atoms with Crippen LogP contribution in [0.2, 0.25) is 0 Å². The van der Waals surface area contributed by atoms with Crippen molar-refractivity contribution in [3.63, 3.8) is 0 Å². The predicted molar refractivity (Wildman–Crippen MR) is 51.9 cm³/mol. The van der Waals surface area contributed by atoms with E-state index in [1.54, 1.807) is 7.11 Å². The van der Waals surface area contributed by atoms with Gasteiger partial charge in [-0.05, 0) is 13.5 Å². The molecule has 13 heavy (non-hydrogen) atoms. The standard InChI is InChI=1S/C9H21NO3/c1-10(4-3-6-11)5-7-13-9-8-12-2/h11H,3-9H2,1-2H3. The maximum atomic E-state index is 8.58. The summed E-state index contributed by atoms with van der Waals surface area (Å²) in [5, 5.41) is 8.58. The number of ether oxygens (including phenoxy) is 2. The van der Waals surface area contributed by atoms with Gasteiger partial charge in [0.15, 0.2) is 0 Å². The lowest BCUT2D eigenvalue weighted by Crippen LogP contribution is -2.25. The molecule has 4 heteroatoms. The molecule has 0 atom stereocenters. The first-order valence-electron chi connectivity index (χ1n) is 4.67. The van der Waals surface area contributed by atoms with E-state index < -0.39 is 0 Å². The van der Waals surface area contributed by atoms with Gasteiger partial charge in [0.1, 0.15) is 0 Å². The molecule has 0 unspecified atom stereocenters. The molecule has 0 aliphatic rings. The van der Waals surface area contributed by atoms with Crippen LogP contribution >= 0.6 is 0 Å². The van der Waals surface area contributed by atoms with Crippen molar-refractivity contribution in [3.8, 4) is 0 Å². The Balaban J connectivity index is 3.03. The molecular formula is C9H21NO3. The molecule has 4 nitrogen and oxygen atoms in total. The summed E-state index contributed by atoms with van der Waals surface area (Å²) in [6.07, 6.45) is 0.828. The summed E-state index contributed by atoms with van der Waals surface area (Å²) in [4.78, 5) is 2.14. The summed E-state index contributed by atoms with van der Waals surface area (Å²) in [5.41, 5.74) is 0. The molecule has 0 radical (unpaired) electrons. The summed E-state index contributed by atoms with van der Waals surface area (Å²) in [6.45, 7) is 4.12. The zero-order chi connectivity index (χ0) is 9.94. The summed E-state index contributed by atoms with van der Waals surface area (Å²) < 4.78 is 10.1. The molecular weight excluding hydrogens is 170 g/mol. The van der Waals surface area contributed by atoms with Gasteiger partial charge in [-0.1, -0.05) is 0 Å². The number of nitrogens with zero attached hydrogens (tertiary/aromatic N) is 1. The third-order valence-electron chi connectivity index (χ3n) is 1.75. The van der Waals surface area contributed by atoms with Gasteiger partial charge in [-0.2, -0.15) is 0 Å². The molecule has 0 aromatic carbocycles. The topological polar surface area (TPSA) is 41.9 Å². The average Bonchev–Trinajstić information content (AvgIpc) is 2.14. The second-order valence-electron chi connectivity index (χ2n) is 2.99. The predicted octanol–water partition coefficient (Wildman–Crippen LogP) is -0.0364. The molecule has 0 bridgehead atoms. The van der Waals surface area contributed by atoms with E-state index in [0.717, 1.165) is 26.1 Å². The Hall–Kier alpha value is -0.160. The van der Waals surface area contributed by atoms with Crippen molar-refractivity contribution in [2.45, 2.75) is 6.42 Å². The van der Waals surface area contributed by atoms with Gasteiger partial charge in [0.05, 0.1) is 19.8 Å². The number of aliphatic hydroxyl groups is 1. The lowest BCUT2D eigenvalue weighted by Gasteiger charge is -2.15. The van der Waals surface area contributed by atoms with Gasteiger partial charge in [-0.15, -0.1) is 0 Å². The van der Waals surface area contributed by atoms with Crippen molar-refractivity contribution < 1.29 is 14.6 Å². The summed E-state index contributed by atoms with van der Waals surface area (Å²) >= 11 is 0. The van der Waals surface area contributed by atoms with E-state index >= 15 is 0 Å². The Kier molecular flexibility index (Phi) is 9.80. The van der Waals surface area contributed by atoms with Gasteiger partial charge >= 0.3 is 0 Å². The van der Waals surface area contributed by atoms with E-state index in [-0.39, 0.29) is 6.61 Å². The first-order valence-corrected chi connectivity index (χ1v) is 4.67. The zero-order valence-electron chi connectivity index (χ0n) is 8.66. The van der Waals surface area contributed by atoms with Crippen molar-refractivity contribution in [1.82, 2.24) is 4.90 Å². The van der Waals surface area contributed by atoms with Crippen LogP contribution in [-0.2, 0) is 9.47 Å². The molecule has 0 aromatic heterocycles. The second kappa shape index (κ2) is 9.92. The summed E-state index contributed by atoms with van der Waals surface area (Å²) in [7, 11) is 3.69. The Morgan fingerprint density at radius 2 is 1.92 bits per heavy atom. The Bertz CT molecular complexity index is 101. The highest BCUT2D eigenvalue weighted by molar-refractivity contribution is 4.49. The van der Waals surface area contributed by atoms with Crippen LogP contribution in [0.4, 0.5) is 0 Å². The minimum atomic E-state index is 0.259.